The van der Waals surface area contributed by atoms with Crippen molar-refractivity contribution in [3.63, 3.8) is 0 Å². The average Bonchev–Trinajstić information content (AvgIpc) is 2.97. The number of aromatic nitrogens is 3. The molecular formula is C14H15N3OS2. The van der Waals surface area contributed by atoms with Gasteiger partial charge in [-0.3, -0.25) is 4.79 Å². The van der Waals surface area contributed by atoms with Gasteiger partial charge in [0.05, 0.1) is 17.1 Å². The van der Waals surface area contributed by atoms with Crippen molar-refractivity contribution in [1.29, 1.82) is 0 Å². The summed E-state index contributed by atoms with van der Waals surface area (Å²) in [4.78, 5) is 12.7. The molecule has 1 fully saturated rings. The van der Waals surface area contributed by atoms with Gasteiger partial charge in [0, 0.05) is 16.8 Å². The summed E-state index contributed by atoms with van der Waals surface area (Å²) in [6, 6.07) is 9.66. The second-order valence-electron chi connectivity index (χ2n) is 4.60. The molecule has 0 radical (unpaired) electrons. The summed E-state index contributed by atoms with van der Waals surface area (Å²) in [5.41, 5.74) is 1.44. The zero-order valence-corrected chi connectivity index (χ0v) is 12.7. The highest BCUT2D eigenvalue weighted by molar-refractivity contribution is 8.07. The smallest absolute Gasteiger partial charge is 0.196 e. The van der Waals surface area contributed by atoms with Crippen molar-refractivity contribution in [3.8, 4) is 5.69 Å². The standard InChI is InChI=1S/C14H15N3OS2/c1-10-14(20-8-7-19-10)13(18)12-9-15-16-17(12)11-5-3-2-4-6-11/h2-6,9-10,14H,7-8H2,1H3. The van der Waals surface area contributed by atoms with Gasteiger partial charge in [0.15, 0.2) is 5.78 Å². The Hall–Kier alpha value is -1.27. The van der Waals surface area contributed by atoms with Gasteiger partial charge in [-0.15, -0.1) is 16.9 Å². The van der Waals surface area contributed by atoms with E-state index in [0.29, 0.717) is 10.9 Å². The Morgan fingerprint density at radius 1 is 1.25 bits per heavy atom. The Kier molecular flexibility index (Phi) is 4.12. The highest BCUT2D eigenvalue weighted by Crippen LogP contribution is 2.33. The third-order valence-electron chi connectivity index (χ3n) is 3.25. The lowest BCUT2D eigenvalue weighted by atomic mass is 10.1. The Morgan fingerprint density at radius 2 is 2.00 bits per heavy atom. The van der Waals surface area contributed by atoms with Crippen LogP contribution in [0.15, 0.2) is 36.5 Å². The molecule has 1 aliphatic rings. The van der Waals surface area contributed by atoms with Gasteiger partial charge in [-0.1, -0.05) is 30.3 Å². The molecule has 2 aromatic rings. The number of Topliss-reactive ketones (excluding diaryl/α,β-unsaturated/α-hetero) is 1. The number of thioether (sulfide) groups is 2. The molecule has 2 heterocycles. The Morgan fingerprint density at radius 3 is 2.75 bits per heavy atom. The first-order valence-corrected chi connectivity index (χ1v) is 8.60. The summed E-state index contributed by atoms with van der Waals surface area (Å²) in [6.07, 6.45) is 1.57. The zero-order valence-electron chi connectivity index (χ0n) is 11.1. The lowest BCUT2D eigenvalue weighted by Gasteiger charge is -2.26. The molecule has 0 spiro atoms. The fourth-order valence-corrected chi connectivity index (χ4v) is 4.94. The predicted molar refractivity (Wildman–Crippen MR) is 83.9 cm³/mol. The molecule has 0 saturated carbocycles. The van der Waals surface area contributed by atoms with Crippen LogP contribution in [-0.4, -0.2) is 42.8 Å². The minimum Gasteiger partial charge on any atom is -0.291 e. The van der Waals surface area contributed by atoms with E-state index < -0.39 is 0 Å². The topological polar surface area (TPSA) is 47.8 Å². The second-order valence-corrected chi connectivity index (χ2v) is 7.33. The highest BCUT2D eigenvalue weighted by atomic mass is 32.2. The third kappa shape index (κ3) is 2.62. The first kappa shape index (κ1) is 13.7. The van der Waals surface area contributed by atoms with Crippen molar-refractivity contribution in [1.82, 2.24) is 15.0 Å². The number of carbonyl (C=O) groups excluding carboxylic acids is 1. The first-order chi connectivity index (χ1) is 9.77. The summed E-state index contributed by atoms with van der Waals surface area (Å²) >= 11 is 3.60. The highest BCUT2D eigenvalue weighted by Gasteiger charge is 2.32. The van der Waals surface area contributed by atoms with Gasteiger partial charge < -0.3 is 0 Å². The van der Waals surface area contributed by atoms with Crippen LogP contribution in [0.25, 0.3) is 5.69 Å². The predicted octanol–water partition coefficient (Wildman–Crippen LogP) is 2.69. The van der Waals surface area contributed by atoms with Crippen LogP contribution in [0.3, 0.4) is 0 Å². The average molecular weight is 305 g/mol. The molecule has 0 aliphatic carbocycles. The van der Waals surface area contributed by atoms with Gasteiger partial charge in [-0.05, 0) is 12.1 Å². The number of carbonyl (C=O) groups is 1. The second kappa shape index (κ2) is 6.01. The van der Waals surface area contributed by atoms with E-state index >= 15 is 0 Å². The fourth-order valence-electron chi connectivity index (χ4n) is 2.23. The number of nitrogens with zero attached hydrogens (tertiary/aromatic N) is 3. The van der Waals surface area contributed by atoms with E-state index in [-0.39, 0.29) is 11.0 Å². The monoisotopic (exact) mass is 305 g/mol. The Balaban J connectivity index is 1.91. The summed E-state index contributed by atoms with van der Waals surface area (Å²) in [7, 11) is 0. The fraction of sp³-hybridized carbons (Fsp3) is 0.357. The minimum absolute atomic E-state index is 0.00490. The molecule has 3 rings (SSSR count). The van der Waals surface area contributed by atoms with Crippen LogP contribution in [-0.2, 0) is 0 Å². The molecular weight excluding hydrogens is 290 g/mol. The largest absolute Gasteiger partial charge is 0.291 e. The number of para-hydroxylation sites is 1. The van der Waals surface area contributed by atoms with Gasteiger partial charge >= 0.3 is 0 Å². The van der Waals surface area contributed by atoms with E-state index in [1.54, 1.807) is 22.6 Å². The summed E-state index contributed by atoms with van der Waals surface area (Å²) < 4.78 is 1.63. The summed E-state index contributed by atoms with van der Waals surface area (Å²) in [5.74, 6) is 2.27. The van der Waals surface area contributed by atoms with E-state index in [9.17, 15) is 4.79 Å². The van der Waals surface area contributed by atoms with Crippen molar-refractivity contribution in [2.75, 3.05) is 11.5 Å². The lowest BCUT2D eigenvalue weighted by molar-refractivity contribution is 0.0982. The first-order valence-electron chi connectivity index (χ1n) is 6.51. The van der Waals surface area contributed by atoms with Gasteiger partial charge in [0.25, 0.3) is 0 Å². The molecule has 4 nitrogen and oxygen atoms in total. The molecule has 0 amide bonds. The molecule has 1 aromatic carbocycles. The van der Waals surface area contributed by atoms with E-state index in [1.165, 1.54) is 0 Å². The van der Waals surface area contributed by atoms with Crippen LogP contribution in [0.1, 0.15) is 17.4 Å². The number of rotatable bonds is 3. The lowest BCUT2D eigenvalue weighted by Crippen LogP contribution is -2.32. The minimum atomic E-state index is -0.00490. The maximum Gasteiger partial charge on any atom is 0.196 e. The van der Waals surface area contributed by atoms with Crippen LogP contribution in [0.2, 0.25) is 0 Å². The van der Waals surface area contributed by atoms with Crippen LogP contribution in [0.5, 0.6) is 0 Å². The maximum absolute atomic E-state index is 12.7. The molecule has 1 saturated heterocycles. The van der Waals surface area contributed by atoms with Gasteiger partial charge in [0.2, 0.25) is 0 Å². The van der Waals surface area contributed by atoms with Gasteiger partial charge in [-0.25, -0.2) is 4.68 Å². The van der Waals surface area contributed by atoms with Gasteiger partial charge in [0.1, 0.15) is 5.69 Å². The van der Waals surface area contributed by atoms with Crippen LogP contribution < -0.4 is 0 Å². The molecule has 1 aromatic heterocycles. The summed E-state index contributed by atoms with van der Waals surface area (Å²) in [6.45, 7) is 2.12. The van der Waals surface area contributed by atoms with Crippen molar-refractivity contribution < 1.29 is 4.79 Å². The van der Waals surface area contributed by atoms with E-state index in [0.717, 1.165) is 17.2 Å². The number of benzene rings is 1. The number of ketones is 1. The van der Waals surface area contributed by atoms with E-state index in [4.69, 9.17) is 0 Å². The van der Waals surface area contributed by atoms with Crippen molar-refractivity contribution in [2.24, 2.45) is 0 Å². The van der Waals surface area contributed by atoms with Crippen molar-refractivity contribution in [3.05, 3.63) is 42.2 Å². The molecule has 6 heteroatoms. The quantitative estimate of drug-likeness (QED) is 0.816. The van der Waals surface area contributed by atoms with Gasteiger partial charge in [-0.2, -0.15) is 11.8 Å². The third-order valence-corrected chi connectivity index (χ3v) is 6.34. The van der Waals surface area contributed by atoms with Crippen LogP contribution in [0, 0.1) is 0 Å². The van der Waals surface area contributed by atoms with Crippen molar-refractivity contribution in [2.45, 2.75) is 17.4 Å². The molecule has 20 heavy (non-hydrogen) atoms. The Labute approximate surface area is 126 Å². The molecule has 2 unspecified atom stereocenters. The van der Waals surface area contributed by atoms with E-state index in [1.807, 2.05) is 42.1 Å². The molecule has 0 bridgehead atoms. The molecule has 1 aliphatic heterocycles. The molecule has 2 atom stereocenters. The number of hydrogen-bond donors (Lipinski definition) is 0. The normalized spacial score (nSPS) is 22.6. The van der Waals surface area contributed by atoms with Crippen LogP contribution in [0.4, 0.5) is 0 Å². The van der Waals surface area contributed by atoms with Crippen LogP contribution >= 0.6 is 23.5 Å². The Bertz CT molecular complexity index is 599. The maximum atomic E-state index is 12.7. The summed E-state index contributed by atoms with van der Waals surface area (Å²) in [5, 5.41) is 8.30. The number of hydrogen-bond acceptors (Lipinski definition) is 5. The molecule has 104 valence electrons. The SMILES string of the molecule is CC1SCCSC1C(=O)c1cnnn1-c1ccccc1. The van der Waals surface area contributed by atoms with E-state index in [2.05, 4.69) is 17.2 Å². The zero-order chi connectivity index (χ0) is 13.9. The molecule has 0 N–H and O–H groups in total. The van der Waals surface area contributed by atoms with Crippen molar-refractivity contribution >= 4 is 29.3 Å².